The van der Waals surface area contributed by atoms with E-state index in [0.29, 0.717) is 10.5 Å². The van der Waals surface area contributed by atoms with Crippen LogP contribution in [0.15, 0.2) is 57.3 Å². The van der Waals surface area contributed by atoms with Gasteiger partial charge in [0.15, 0.2) is 5.43 Å². The van der Waals surface area contributed by atoms with Crippen LogP contribution in [-0.2, 0) is 4.74 Å². The molecular formula is C13H11NO3S. The van der Waals surface area contributed by atoms with Crippen LogP contribution < -0.4 is 5.43 Å². The lowest BCUT2D eigenvalue weighted by Crippen LogP contribution is -2.02. The van der Waals surface area contributed by atoms with Crippen molar-refractivity contribution in [1.29, 1.82) is 0 Å². The molecule has 0 bridgehead atoms. The van der Waals surface area contributed by atoms with Crippen molar-refractivity contribution >= 4 is 17.7 Å². The Hall–Kier alpha value is -2.01. The Balaban J connectivity index is 2.19. The lowest BCUT2D eigenvalue weighted by molar-refractivity contribution is 0.0600. The smallest absolute Gasteiger partial charge is 0.337 e. The molecule has 0 aliphatic rings. The standard InChI is InChI=1S/C13H11NO3S/c1-17-13(16)9-2-4-10(5-3-9)18-12-8-14-7-6-11(12)15/h2-8H,1H3,(H,14,15). The summed E-state index contributed by atoms with van der Waals surface area (Å²) in [5, 5.41) is 0. The molecule has 0 aliphatic heterocycles. The van der Waals surface area contributed by atoms with E-state index in [1.165, 1.54) is 24.9 Å². The maximum Gasteiger partial charge on any atom is 0.337 e. The number of aromatic amines is 1. The molecule has 1 heterocycles. The van der Waals surface area contributed by atoms with Crippen LogP contribution in [0.5, 0.6) is 0 Å². The summed E-state index contributed by atoms with van der Waals surface area (Å²) in [5.74, 6) is -0.371. The largest absolute Gasteiger partial charge is 0.465 e. The van der Waals surface area contributed by atoms with Crippen molar-refractivity contribution in [1.82, 2.24) is 4.98 Å². The van der Waals surface area contributed by atoms with Gasteiger partial charge in [0.25, 0.3) is 0 Å². The van der Waals surface area contributed by atoms with Crippen molar-refractivity contribution in [2.24, 2.45) is 0 Å². The number of pyridine rings is 1. The first kappa shape index (κ1) is 12.4. The zero-order valence-electron chi connectivity index (χ0n) is 9.67. The highest BCUT2D eigenvalue weighted by atomic mass is 32.2. The van der Waals surface area contributed by atoms with E-state index in [2.05, 4.69) is 9.72 Å². The molecule has 0 saturated carbocycles. The quantitative estimate of drug-likeness (QED) is 0.861. The van der Waals surface area contributed by atoms with E-state index in [4.69, 9.17) is 0 Å². The van der Waals surface area contributed by atoms with Gasteiger partial charge in [-0.1, -0.05) is 11.8 Å². The maximum absolute atomic E-state index is 11.5. The molecule has 18 heavy (non-hydrogen) atoms. The SMILES string of the molecule is COC(=O)c1ccc(Sc2c[nH]ccc2=O)cc1. The first-order chi connectivity index (χ1) is 8.70. The molecule has 5 heteroatoms. The summed E-state index contributed by atoms with van der Waals surface area (Å²) in [5.41, 5.74) is 0.458. The molecule has 0 unspecified atom stereocenters. The van der Waals surface area contributed by atoms with Crippen LogP contribution in [0.25, 0.3) is 0 Å². The topological polar surface area (TPSA) is 59.2 Å². The summed E-state index contributed by atoms with van der Waals surface area (Å²) < 4.78 is 4.61. The lowest BCUT2D eigenvalue weighted by Gasteiger charge is -2.02. The summed E-state index contributed by atoms with van der Waals surface area (Å²) in [6.45, 7) is 0. The minimum atomic E-state index is -0.371. The molecule has 0 amide bonds. The third-order valence-electron chi connectivity index (χ3n) is 2.29. The molecule has 0 atom stereocenters. The lowest BCUT2D eigenvalue weighted by atomic mass is 10.2. The monoisotopic (exact) mass is 261 g/mol. The number of H-pyrrole nitrogens is 1. The molecule has 0 aliphatic carbocycles. The van der Waals surface area contributed by atoms with Gasteiger partial charge in [0.2, 0.25) is 0 Å². The third kappa shape index (κ3) is 2.81. The molecule has 2 aromatic rings. The minimum Gasteiger partial charge on any atom is -0.465 e. The number of esters is 1. The summed E-state index contributed by atoms with van der Waals surface area (Å²) in [6, 6.07) is 8.38. The first-order valence-corrected chi connectivity index (χ1v) is 6.05. The van der Waals surface area contributed by atoms with E-state index in [1.807, 2.05) is 0 Å². The molecule has 1 aromatic heterocycles. The number of benzene rings is 1. The number of carbonyl (C=O) groups is 1. The second-order valence-electron chi connectivity index (χ2n) is 3.49. The summed E-state index contributed by atoms with van der Waals surface area (Å²) in [7, 11) is 1.34. The molecule has 1 aromatic carbocycles. The molecule has 4 nitrogen and oxygen atoms in total. The van der Waals surface area contributed by atoms with Crippen molar-refractivity contribution in [2.45, 2.75) is 9.79 Å². The van der Waals surface area contributed by atoms with Gasteiger partial charge in [0.05, 0.1) is 17.6 Å². The second-order valence-corrected chi connectivity index (χ2v) is 4.61. The molecule has 92 valence electrons. The van der Waals surface area contributed by atoms with Crippen LogP contribution in [0.4, 0.5) is 0 Å². The molecule has 0 radical (unpaired) electrons. The van der Waals surface area contributed by atoms with E-state index in [0.717, 1.165) is 4.90 Å². The van der Waals surface area contributed by atoms with Gasteiger partial charge in [0.1, 0.15) is 0 Å². The van der Waals surface area contributed by atoms with Gasteiger partial charge in [-0.05, 0) is 24.3 Å². The Morgan fingerprint density at radius 2 is 1.94 bits per heavy atom. The van der Waals surface area contributed by atoms with Crippen LogP contribution in [0, 0.1) is 0 Å². The molecule has 0 fully saturated rings. The Kier molecular flexibility index (Phi) is 3.84. The van der Waals surface area contributed by atoms with Crippen LogP contribution in [0.3, 0.4) is 0 Å². The van der Waals surface area contributed by atoms with Crippen molar-refractivity contribution in [3.05, 3.63) is 58.5 Å². The number of hydrogen-bond donors (Lipinski definition) is 1. The number of nitrogens with one attached hydrogen (secondary N) is 1. The van der Waals surface area contributed by atoms with Crippen molar-refractivity contribution in [3.63, 3.8) is 0 Å². The van der Waals surface area contributed by atoms with Crippen molar-refractivity contribution < 1.29 is 9.53 Å². The number of ether oxygens (including phenoxy) is 1. The predicted molar refractivity (Wildman–Crippen MR) is 69.0 cm³/mol. The number of hydrogen-bond acceptors (Lipinski definition) is 4. The molecule has 0 saturated heterocycles. The van der Waals surface area contributed by atoms with E-state index >= 15 is 0 Å². The number of aromatic nitrogens is 1. The molecule has 0 spiro atoms. The van der Waals surface area contributed by atoms with Crippen molar-refractivity contribution in [3.8, 4) is 0 Å². The van der Waals surface area contributed by atoms with Gasteiger partial charge in [-0.2, -0.15) is 0 Å². The fourth-order valence-corrected chi connectivity index (χ4v) is 2.21. The Morgan fingerprint density at radius 1 is 1.22 bits per heavy atom. The van der Waals surface area contributed by atoms with E-state index in [1.54, 1.807) is 36.7 Å². The van der Waals surface area contributed by atoms with Crippen LogP contribution in [0.2, 0.25) is 0 Å². The van der Waals surface area contributed by atoms with Gasteiger partial charge < -0.3 is 9.72 Å². The van der Waals surface area contributed by atoms with Gasteiger partial charge in [-0.3, -0.25) is 4.79 Å². The number of carbonyl (C=O) groups excluding carboxylic acids is 1. The van der Waals surface area contributed by atoms with Gasteiger partial charge in [-0.25, -0.2) is 4.79 Å². The highest BCUT2D eigenvalue weighted by molar-refractivity contribution is 7.99. The van der Waals surface area contributed by atoms with E-state index in [-0.39, 0.29) is 11.4 Å². The maximum atomic E-state index is 11.5. The zero-order valence-corrected chi connectivity index (χ0v) is 10.5. The normalized spacial score (nSPS) is 10.1. The predicted octanol–water partition coefficient (Wildman–Crippen LogP) is 2.31. The van der Waals surface area contributed by atoms with E-state index in [9.17, 15) is 9.59 Å². The van der Waals surface area contributed by atoms with Crippen molar-refractivity contribution in [2.75, 3.05) is 7.11 Å². The Morgan fingerprint density at radius 3 is 2.56 bits per heavy atom. The van der Waals surface area contributed by atoms with Gasteiger partial charge in [0, 0.05) is 23.4 Å². The molecule has 2 rings (SSSR count). The fraction of sp³-hybridized carbons (Fsp3) is 0.0769. The van der Waals surface area contributed by atoms with Crippen LogP contribution >= 0.6 is 11.8 Å². The first-order valence-electron chi connectivity index (χ1n) is 5.24. The number of methoxy groups -OCH3 is 1. The highest BCUT2D eigenvalue weighted by Crippen LogP contribution is 2.24. The molecule has 1 N–H and O–H groups in total. The van der Waals surface area contributed by atoms with Gasteiger partial charge in [-0.15, -0.1) is 0 Å². The fourth-order valence-electron chi connectivity index (χ4n) is 1.38. The summed E-state index contributed by atoms with van der Waals surface area (Å²) >= 11 is 1.35. The second kappa shape index (κ2) is 5.55. The van der Waals surface area contributed by atoms with Gasteiger partial charge >= 0.3 is 5.97 Å². The van der Waals surface area contributed by atoms with Crippen LogP contribution in [0.1, 0.15) is 10.4 Å². The van der Waals surface area contributed by atoms with E-state index < -0.39 is 0 Å². The Labute approximate surface area is 108 Å². The third-order valence-corrected chi connectivity index (χ3v) is 3.34. The average Bonchev–Trinajstić information content (AvgIpc) is 2.41. The average molecular weight is 261 g/mol. The van der Waals surface area contributed by atoms with Crippen LogP contribution in [-0.4, -0.2) is 18.1 Å². The Bertz CT molecular complexity index is 604. The molecular weight excluding hydrogens is 250 g/mol. The number of rotatable bonds is 3. The summed E-state index contributed by atoms with van der Waals surface area (Å²) in [4.78, 5) is 27.2. The minimum absolute atomic E-state index is 0.0317. The summed E-state index contributed by atoms with van der Waals surface area (Å²) in [6.07, 6.45) is 3.24. The highest BCUT2D eigenvalue weighted by Gasteiger charge is 2.06. The zero-order chi connectivity index (χ0) is 13.0.